The zero-order chi connectivity index (χ0) is 16.8. The molecule has 0 atom stereocenters. The van der Waals surface area contributed by atoms with Crippen molar-refractivity contribution in [3.8, 4) is 0 Å². The lowest BCUT2D eigenvalue weighted by Crippen LogP contribution is -2.19. The molecular formula is C15H17N3O4S. The van der Waals surface area contributed by atoms with Crippen LogP contribution in [0.5, 0.6) is 0 Å². The second kappa shape index (κ2) is 5.38. The minimum atomic E-state index is -3.89. The van der Waals surface area contributed by atoms with Crippen molar-refractivity contribution in [2.24, 2.45) is 0 Å². The maximum Gasteiger partial charge on any atom is 0.337 e. The Labute approximate surface area is 134 Å². The first-order chi connectivity index (χ1) is 10.8. The zero-order valence-electron chi connectivity index (χ0n) is 12.8. The highest BCUT2D eigenvalue weighted by Gasteiger charge is 2.26. The number of sulfonamides is 1. The first-order valence-electron chi connectivity index (χ1n) is 7.21. The Hall–Kier alpha value is -2.35. The molecule has 0 saturated carbocycles. The van der Waals surface area contributed by atoms with Gasteiger partial charge in [0.15, 0.2) is 5.03 Å². The number of hydrogen-bond donors (Lipinski definition) is 2. The van der Waals surface area contributed by atoms with Crippen LogP contribution in [0.2, 0.25) is 0 Å². The highest BCUT2D eigenvalue weighted by molar-refractivity contribution is 7.92. The predicted octanol–water partition coefficient (Wildman–Crippen LogP) is 1.95. The van der Waals surface area contributed by atoms with Crippen molar-refractivity contribution in [3.63, 3.8) is 0 Å². The average molecular weight is 335 g/mol. The summed E-state index contributed by atoms with van der Waals surface area (Å²) >= 11 is 0. The van der Waals surface area contributed by atoms with Gasteiger partial charge < -0.3 is 9.67 Å². The van der Waals surface area contributed by atoms with E-state index in [-0.39, 0.29) is 16.3 Å². The van der Waals surface area contributed by atoms with E-state index in [2.05, 4.69) is 9.71 Å². The number of carbonyl (C=O) groups is 1. The van der Waals surface area contributed by atoms with E-state index in [1.807, 2.05) is 0 Å². The number of nitrogens with one attached hydrogen (secondary N) is 1. The van der Waals surface area contributed by atoms with Crippen LogP contribution in [-0.2, 0) is 23.0 Å². The maximum absolute atomic E-state index is 12.6. The Morgan fingerprint density at radius 1 is 1.30 bits per heavy atom. The lowest BCUT2D eigenvalue weighted by atomic mass is 10.0. The highest BCUT2D eigenvalue weighted by atomic mass is 32.2. The van der Waals surface area contributed by atoms with Crippen LogP contribution in [0.1, 0.15) is 33.7 Å². The van der Waals surface area contributed by atoms with Gasteiger partial charge in [0.25, 0.3) is 10.0 Å². The van der Waals surface area contributed by atoms with Gasteiger partial charge in [0.1, 0.15) is 5.82 Å². The van der Waals surface area contributed by atoms with Gasteiger partial charge in [0, 0.05) is 13.0 Å². The van der Waals surface area contributed by atoms with E-state index >= 15 is 0 Å². The molecule has 2 N–H and O–H groups in total. The molecule has 1 aromatic heterocycles. The number of aryl methyl sites for hydroxylation is 3. The van der Waals surface area contributed by atoms with Gasteiger partial charge >= 0.3 is 5.97 Å². The molecule has 0 saturated heterocycles. The Morgan fingerprint density at radius 3 is 2.70 bits per heavy atom. The third-order valence-corrected chi connectivity index (χ3v) is 5.43. The van der Waals surface area contributed by atoms with Gasteiger partial charge in [0.2, 0.25) is 0 Å². The molecule has 1 aromatic carbocycles. The standard InChI is InChI=1S/C15H17N3O4S/c1-9-6-11(15(19)20)12(7-10(9)2)17-23(21,22)14-8-16-13-4-3-5-18(13)14/h6-8,17H,3-5H2,1-2H3,(H,19,20). The number of imidazole rings is 1. The molecule has 3 rings (SSSR count). The Morgan fingerprint density at radius 2 is 2.00 bits per heavy atom. The molecule has 8 heteroatoms. The number of carboxylic acids is 1. The SMILES string of the molecule is Cc1cc(NS(=O)(=O)c2cnc3n2CCC3)c(C(=O)O)cc1C. The summed E-state index contributed by atoms with van der Waals surface area (Å²) < 4.78 is 29.3. The molecule has 122 valence electrons. The molecule has 0 aliphatic carbocycles. The van der Waals surface area contributed by atoms with Crippen molar-refractivity contribution in [2.45, 2.75) is 38.3 Å². The van der Waals surface area contributed by atoms with Crippen molar-refractivity contribution < 1.29 is 18.3 Å². The molecule has 1 aliphatic heterocycles. The lowest BCUT2D eigenvalue weighted by Gasteiger charge is -2.13. The van der Waals surface area contributed by atoms with E-state index in [9.17, 15) is 18.3 Å². The van der Waals surface area contributed by atoms with E-state index in [0.717, 1.165) is 29.8 Å². The molecule has 2 aromatic rings. The fourth-order valence-electron chi connectivity index (χ4n) is 2.72. The molecule has 0 spiro atoms. The van der Waals surface area contributed by atoms with Gasteiger partial charge in [-0.05, 0) is 43.5 Å². The first-order valence-corrected chi connectivity index (χ1v) is 8.69. The van der Waals surface area contributed by atoms with Crippen LogP contribution < -0.4 is 4.72 Å². The van der Waals surface area contributed by atoms with Crippen LogP contribution in [0.3, 0.4) is 0 Å². The van der Waals surface area contributed by atoms with Crippen molar-refractivity contribution in [1.82, 2.24) is 9.55 Å². The van der Waals surface area contributed by atoms with E-state index in [0.29, 0.717) is 6.54 Å². The third kappa shape index (κ3) is 2.70. The lowest BCUT2D eigenvalue weighted by molar-refractivity contribution is 0.0698. The monoisotopic (exact) mass is 335 g/mol. The van der Waals surface area contributed by atoms with Crippen molar-refractivity contribution in [2.75, 3.05) is 4.72 Å². The smallest absolute Gasteiger partial charge is 0.337 e. The van der Waals surface area contributed by atoms with E-state index < -0.39 is 16.0 Å². The normalized spacial score (nSPS) is 13.8. The summed E-state index contributed by atoms with van der Waals surface area (Å²) in [6.07, 6.45) is 2.92. The number of aromatic carboxylic acids is 1. The summed E-state index contributed by atoms with van der Waals surface area (Å²) in [5.74, 6) is -0.437. The largest absolute Gasteiger partial charge is 0.478 e. The third-order valence-electron chi connectivity index (χ3n) is 4.07. The molecule has 0 radical (unpaired) electrons. The number of fused-ring (bicyclic) bond motifs is 1. The quantitative estimate of drug-likeness (QED) is 0.889. The number of rotatable bonds is 4. The molecular weight excluding hydrogens is 318 g/mol. The maximum atomic E-state index is 12.6. The number of benzene rings is 1. The molecule has 2 heterocycles. The zero-order valence-corrected chi connectivity index (χ0v) is 13.6. The topological polar surface area (TPSA) is 101 Å². The summed E-state index contributed by atoms with van der Waals surface area (Å²) in [7, 11) is -3.89. The van der Waals surface area contributed by atoms with Crippen LogP contribution in [-0.4, -0.2) is 29.0 Å². The Balaban J connectivity index is 2.04. The van der Waals surface area contributed by atoms with Gasteiger partial charge in [-0.15, -0.1) is 0 Å². The highest BCUT2D eigenvalue weighted by Crippen LogP contribution is 2.26. The van der Waals surface area contributed by atoms with Crippen molar-refractivity contribution >= 4 is 21.7 Å². The molecule has 0 fully saturated rings. The second-order valence-corrected chi connectivity index (χ2v) is 7.29. The van der Waals surface area contributed by atoms with Crippen LogP contribution in [0, 0.1) is 13.8 Å². The van der Waals surface area contributed by atoms with Gasteiger partial charge in [0.05, 0.1) is 17.4 Å². The van der Waals surface area contributed by atoms with Crippen LogP contribution in [0.4, 0.5) is 5.69 Å². The summed E-state index contributed by atoms with van der Waals surface area (Å²) in [6.45, 7) is 4.18. The summed E-state index contributed by atoms with van der Waals surface area (Å²) in [4.78, 5) is 15.5. The first kappa shape index (κ1) is 15.5. The minimum Gasteiger partial charge on any atom is -0.478 e. The molecule has 7 nitrogen and oxygen atoms in total. The number of carboxylic acid groups (broad SMARTS) is 1. The van der Waals surface area contributed by atoms with Gasteiger partial charge in [-0.1, -0.05) is 0 Å². The van der Waals surface area contributed by atoms with Gasteiger partial charge in [-0.25, -0.2) is 9.78 Å². The van der Waals surface area contributed by atoms with E-state index in [1.54, 1.807) is 18.4 Å². The number of hydrogen-bond acceptors (Lipinski definition) is 4. The molecule has 0 amide bonds. The summed E-state index contributed by atoms with van der Waals surface area (Å²) in [6, 6.07) is 3.01. The average Bonchev–Trinajstić information content (AvgIpc) is 3.04. The molecule has 23 heavy (non-hydrogen) atoms. The number of nitrogens with zero attached hydrogens (tertiary/aromatic N) is 2. The number of aromatic nitrogens is 2. The van der Waals surface area contributed by atoms with Gasteiger partial charge in [-0.2, -0.15) is 8.42 Å². The predicted molar refractivity (Wildman–Crippen MR) is 84.2 cm³/mol. The van der Waals surface area contributed by atoms with E-state index in [4.69, 9.17) is 0 Å². The van der Waals surface area contributed by atoms with Gasteiger partial charge in [-0.3, -0.25) is 4.72 Å². The summed E-state index contributed by atoms with van der Waals surface area (Å²) in [5, 5.41) is 9.38. The molecule has 0 unspecified atom stereocenters. The number of anilines is 1. The molecule has 1 aliphatic rings. The van der Waals surface area contributed by atoms with Crippen molar-refractivity contribution in [1.29, 1.82) is 0 Å². The Bertz CT molecular complexity index is 900. The van der Waals surface area contributed by atoms with E-state index in [1.165, 1.54) is 18.3 Å². The van der Waals surface area contributed by atoms with Crippen molar-refractivity contribution in [3.05, 3.63) is 40.8 Å². The molecule has 0 bridgehead atoms. The van der Waals surface area contributed by atoms with Crippen LogP contribution >= 0.6 is 0 Å². The Kier molecular flexibility index (Phi) is 3.63. The minimum absolute atomic E-state index is 0.0640. The fourth-order valence-corrected chi connectivity index (χ4v) is 3.96. The second-order valence-electron chi connectivity index (χ2n) is 5.66. The summed E-state index contributed by atoms with van der Waals surface area (Å²) in [5.41, 5.74) is 1.59. The fraction of sp³-hybridized carbons (Fsp3) is 0.333. The van der Waals surface area contributed by atoms with Crippen LogP contribution in [0.25, 0.3) is 0 Å². The van der Waals surface area contributed by atoms with Crippen LogP contribution in [0.15, 0.2) is 23.4 Å².